The number of aryl methyl sites for hydroxylation is 1. The molecule has 0 atom stereocenters. The van der Waals surface area contributed by atoms with Gasteiger partial charge in [0.1, 0.15) is 4.90 Å². The highest BCUT2D eigenvalue weighted by Crippen LogP contribution is 2.31. The molecule has 0 aromatic carbocycles. The first-order chi connectivity index (χ1) is 9.66. The minimum Gasteiger partial charge on any atom is -0.352 e. The third-order valence-corrected chi connectivity index (χ3v) is 5.90. The molecular weight excluding hydrogens is 286 g/mol. The summed E-state index contributed by atoms with van der Waals surface area (Å²) < 4.78 is 28.6. The van der Waals surface area contributed by atoms with Crippen LogP contribution in [0.5, 0.6) is 0 Å². The fraction of sp³-hybridized carbons (Fsp3) is 0.600. The van der Waals surface area contributed by atoms with Gasteiger partial charge in [0, 0.05) is 38.6 Å². The predicted molar refractivity (Wildman–Crippen MR) is 84.2 cm³/mol. The Morgan fingerprint density at radius 1 is 1.33 bits per heavy atom. The van der Waals surface area contributed by atoms with Crippen LogP contribution in [0.4, 0.5) is 0 Å². The maximum atomic E-state index is 12.7. The molecule has 1 aromatic heterocycles. The van der Waals surface area contributed by atoms with Crippen LogP contribution in [0.15, 0.2) is 28.8 Å². The van der Waals surface area contributed by atoms with Gasteiger partial charge < -0.3 is 10.3 Å². The maximum Gasteiger partial charge on any atom is 0.244 e. The zero-order valence-electron chi connectivity index (χ0n) is 13.3. The lowest BCUT2D eigenvalue weighted by Crippen LogP contribution is -2.36. The van der Waals surface area contributed by atoms with Crippen molar-refractivity contribution < 1.29 is 8.42 Å². The normalized spacial score (nSPS) is 17.9. The summed E-state index contributed by atoms with van der Waals surface area (Å²) in [6.45, 7) is 7.80. The molecule has 0 saturated carbocycles. The Labute approximate surface area is 127 Å². The Morgan fingerprint density at radius 3 is 2.43 bits per heavy atom. The third kappa shape index (κ3) is 3.22. The maximum absolute atomic E-state index is 12.7. The van der Waals surface area contributed by atoms with Gasteiger partial charge in [0.25, 0.3) is 0 Å². The zero-order chi connectivity index (χ0) is 15.8. The van der Waals surface area contributed by atoms with Crippen LogP contribution in [0.1, 0.15) is 32.9 Å². The molecule has 2 rings (SSSR count). The van der Waals surface area contributed by atoms with Crippen molar-refractivity contribution in [2.75, 3.05) is 13.1 Å². The Bertz CT molecular complexity index is 651. The highest BCUT2D eigenvalue weighted by molar-refractivity contribution is 7.89. The minimum atomic E-state index is -3.43. The molecule has 0 amide bonds. The molecule has 6 heteroatoms. The minimum absolute atomic E-state index is 0.106. The van der Waals surface area contributed by atoms with E-state index < -0.39 is 10.0 Å². The summed E-state index contributed by atoms with van der Waals surface area (Å²) in [5, 5.41) is 0. The van der Waals surface area contributed by atoms with Crippen LogP contribution in [-0.2, 0) is 23.6 Å². The summed E-state index contributed by atoms with van der Waals surface area (Å²) in [6, 6.07) is 1.67. The molecular formula is C15H25N3O2S. The Morgan fingerprint density at radius 2 is 2.00 bits per heavy atom. The van der Waals surface area contributed by atoms with E-state index in [2.05, 4.69) is 20.8 Å². The van der Waals surface area contributed by atoms with E-state index >= 15 is 0 Å². The van der Waals surface area contributed by atoms with Gasteiger partial charge in [0.2, 0.25) is 10.0 Å². The lowest BCUT2D eigenvalue weighted by Gasteiger charge is -2.31. The number of nitrogens with zero attached hydrogens (tertiary/aromatic N) is 2. The van der Waals surface area contributed by atoms with Crippen molar-refractivity contribution in [1.82, 2.24) is 8.87 Å². The number of rotatable bonds is 3. The molecule has 0 saturated heterocycles. The molecule has 21 heavy (non-hydrogen) atoms. The largest absolute Gasteiger partial charge is 0.352 e. The van der Waals surface area contributed by atoms with Crippen molar-refractivity contribution in [2.24, 2.45) is 18.2 Å². The molecule has 0 unspecified atom stereocenters. The first-order valence-corrected chi connectivity index (χ1v) is 8.65. The van der Waals surface area contributed by atoms with Crippen molar-refractivity contribution >= 4 is 10.0 Å². The van der Waals surface area contributed by atoms with Crippen LogP contribution in [0.25, 0.3) is 0 Å². The second-order valence-corrected chi connectivity index (χ2v) is 8.51. The number of aromatic nitrogens is 1. The highest BCUT2D eigenvalue weighted by Gasteiger charge is 2.29. The van der Waals surface area contributed by atoms with Crippen molar-refractivity contribution in [3.05, 3.63) is 29.6 Å². The average molecular weight is 311 g/mol. The fourth-order valence-corrected chi connectivity index (χ4v) is 4.10. The van der Waals surface area contributed by atoms with Crippen molar-refractivity contribution in [1.29, 1.82) is 0 Å². The van der Waals surface area contributed by atoms with Crippen LogP contribution in [-0.4, -0.2) is 30.4 Å². The summed E-state index contributed by atoms with van der Waals surface area (Å²) in [5.41, 5.74) is 7.86. The van der Waals surface area contributed by atoms with Gasteiger partial charge in [-0.3, -0.25) is 0 Å². The monoisotopic (exact) mass is 311 g/mol. The second kappa shape index (κ2) is 5.59. The summed E-state index contributed by atoms with van der Waals surface area (Å²) in [5.74, 6) is 0. The molecule has 1 aromatic rings. The van der Waals surface area contributed by atoms with Gasteiger partial charge in [0.15, 0.2) is 0 Å². The van der Waals surface area contributed by atoms with E-state index in [9.17, 15) is 8.42 Å². The van der Waals surface area contributed by atoms with E-state index in [-0.39, 0.29) is 5.41 Å². The van der Waals surface area contributed by atoms with Crippen molar-refractivity contribution in [3.63, 3.8) is 0 Å². The van der Waals surface area contributed by atoms with Crippen LogP contribution in [0, 0.1) is 5.41 Å². The lowest BCUT2D eigenvalue weighted by molar-refractivity contribution is 0.389. The number of hydrogen-bond acceptors (Lipinski definition) is 3. The topological polar surface area (TPSA) is 68.3 Å². The van der Waals surface area contributed by atoms with Crippen LogP contribution < -0.4 is 5.73 Å². The highest BCUT2D eigenvalue weighted by atomic mass is 32.2. The van der Waals surface area contributed by atoms with E-state index in [4.69, 9.17) is 5.73 Å². The van der Waals surface area contributed by atoms with Gasteiger partial charge in [0.05, 0.1) is 0 Å². The summed E-state index contributed by atoms with van der Waals surface area (Å²) >= 11 is 0. The SMILES string of the molecule is Cn1cc(S(=O)(=O)N2CC=C(C(C)(C)C)CC2)cc1CN. The second-order valence-electron chi connectivity index (χ2n) is 6.57. The van der Waals surface area contributed by atoms with E-state index in [1.54, 1.807) is 16.8 Å². The van der Waals surface area contributed by atoms with Gasteiger partial charge >= 0.3 is 0 Å². The van der Waals surface area contributed by atoms with E-state index in [1.165, 1.54) is 9.88 Å². The average Bonchev–Trinajstić information content (AvgIpc) is 2.80. The summed E-state index contributed by atoms with van der Waals surface area (Å²) in [6.07, 6.45) is 4.48. The molecule has 2 heterocycles. The lowest BCUT2D eigenvalue weighted by atomic mass is 9.83. The molecule has 118 valence electrons. The molecule has 5 nitrogen and oxygen atoms in total. The predicted octanol–water partition coefficient (Wildman–Crippen LogP) is 1.85. The molecule has 0 radical (unpaired) electrons. The van der Waals surface area contributed by atoms with E-state index in [0.717, 1.165) is 12.1 Å². The molecule has 0 spiro atoms. The molecule has 0 fully saturated rings. The number of nitrogens with two attached hydrogens (primary N) is 1. The summed E-state index contributed by atoms with van der Waals surface area (Å²) in [4.78, 5) is 0.332. The van der Waals surface area contributed by atoms with Crippen molar-refractivity contribution in [2.45, 2.75) is 38.6 Å². The van der Waals surface area contributed by atoms with Crippen molar-refractivity contribution in [3.8, 4) is 0 Å². The Hall–Kier alpha value is -1.11. The van der Waals surface area contributed by atoms with Gasteiger partial charge in [-0.05, 0) is 17.9 Å². The number of sulfonamides is 1. The van der Waals surface area contributed by atoms with Gasteiger partial charge in [-0.1, -0.05) is 32.4 Å². The van der Waals surface area contributed by atoms with Gasteiger partial charge in [-0.2, -0.15) is 4.31 Å². The molecule has 1 aliphatic rings. The summed E-state index contributed by atoms with van der Waals surface area (Å²) in [7, 11) is -1.62. The Balaban J connectivity index is 2.24. The zero-order valence-corrected chi connectivity index (χ0v) is 14.1. The fourth-order valence-electron chi connectivity index (χ4n) is 2.62. The molecule has 0 bridgehead atoms. The van der Waals surface area contributed by atoms with Gasteiger partial charge in [-0.15, -0.1) is 0 Å². The first kappa shape index (κ1) is 16.3. The standard InChI is InChI=1S/C15H25N3O2S/c1-15(2,3)12-5-7-18(8-6-12)21(19,20)14-9-13(10-16)17(4)11-14/h5,9,11H,6-8,10,16H2,1-4H3. The third-order valence-electron chi connectivity index (χ3n) is 4.06. The molecule has 1 aliphatic heterocycles. The van der Waals surface area contributed by atoms with E-state index in [0.29, 0.717) is 24.5 Å². The van der Waals surface area contributed by atoms with Gasteiger partial charge in [-0.25, -0.2) is 8.42 Å². The Kier molecular flexibility index (Phi) is 4.33. The van der Waals surface area contributed by atoms with Crippen LogP contribution in [0.2, 0.25) is 0 Å². The smallest absolute Gasteiger partial charge is 0.244 e. The quantitative estimate of drug-likeness (QED) is 0.866. The molecule has 2 N–H and O–H groups in total. The first-order valence-electron chi connectivity index (χ1n) is 7.21. The van der Waals surface area contributed by atoms with E-state index in [1.807, 2.05) is 13.1 Å². The molecule has 0 aliphatic carbocycles. The number of hydrogen-bond donors (Lipinski definition) is 1. The van der Waals surface area contributed by atoms with Crippen LogP contribution in [0.3, 0.4) is 0 Å². The van der Waals surface area contributed by atoms with Crippen LogP contribution >= 0.6 is 0 Å².